The van der Waals surface area contributed by atoms with E-state index in [4.69, 9.17) is 9.15 Å². The van der Waals surface area contributed by atoms with E-state index in [9.17, 15) is 19.7 Å². The number of allylic oxidation sites excluding steroid dienone is 1. The van der Waals surface area contributed by atoms with Crippen LogP contribution in [0.15, 0.2) is 105 Å². The molecule has 0 bridgehead atoms. The van der Waals surface area contributed by atoms with Gasteiger partial charge in [0, 0.05) is 23.8 Å². The average molecular weight is 528 g/mol. The number of benzene rings is 2. The van der Waals surface area contributed by atoms with Crippen molar-refractivity contribution in [2.75, 3.05) is 6.61 Å². The number of non-ortho nitro benzene ring substituents is 1. The minimum Gasteiger partial charge on any atom is -0.458 e. The van der Waals surface area contributed by atoms with Crippen LogP contribution in [-0.2, 0) is 9.53 Å². The number of esters is 1. The van der Waals surface area contributed by atoms with Crippen molar-refractivity contribution in [1.82, 2.24) is 4.57 Å². The highest BCUT2D eigenvalue weighted by Gasteiger charge is 2.33. The van der Waals surface area contributed by atoms with Crippen molar-refractivity contribution in [3.8, 4) is 11.3 Å². The number of nitro benzene ring substituents is 1. The number of hydrogen-bond donors (Lipinski definition) is 0. The largest absolute Gasteiger partial charge is 0.458 e. The molecule has 0 N–H and O–H groups in total. The van der Waals surface area contributed by atoms with Gasteiger partial charge in [0.05, 0.1) is 26.8 Å². The summed E-state index contributed by atoms with van der Waals surface area (Å²) >= 11 is 1.18. The molecule has 1 atom stereocenters. The molecule has 190 valence electrons. The lowest BCUT2D eigenvalue weighted by molar-refractivity contribution is -0.384. The van der Waals surface area contributed by atoms with Crippen molar-refractivity contribution < 1.29 is 18.9 Å². The second-order valence-electron chi connectivity index (χ2n) is 8.39. The normalized spacial score (nSPS) is 15.1. The zero-order valence-corrected chi connectivity index (χ0v) is 21.0. The Morgan fingerprint density at radius 1 is 1.21 bits per heavy atom. The summed E-state index contributed by atoms with van der Waals surface area (Å²) in [7, 11) is 0. The summed E-state index contributed by atoms with van der Waals surface area (Å²) in [6.07, 6.45) is 3.08. The molecule has 1 unspecified atom stereocenters. The van der Waals surface area contributed by atoms with E-state index in [-0.39, 0.29) is 23.4 Å². The first kappa shape index (κ1) is 24.8. The molecule has 0 fully saturated rings. The number of hydrogen-bond acceptors (Lipinski definition) is 8. The summed E-state index contributed by atoms with van der Waals surface area (Å²) in [4.78, 5) is 42.3. The summed E-state index contributed by atoms with van der Waals surface area (Å²) < 4.78 is 13.1. The first-order valence-corrected chi connectivity index (χ1v) is 12.4. The maximum absolute atomic E-state index is 13.7. The smallest absolute Gasteiger partial charge is 0.338 e. The van der Waals surface area contributed by atoms with Gasteiger partial charge < -0.3 is 9.15 Å². The van der Waals surface area contributed by atoms with Gasteiger partial charge in [-0.2, -0.15) is 0 Å². The van der Waals surface area contributed by atoms with Crippen LogP contribution >= 0.6 is 11.3 Å². The van der Waals surface area contributed by atoms with Gasteiger partial charge in [0.15, 0.2) is 4.80 Å². The fourth-order valence-corrected chi connectivity index (χ4v) is 5.26. The van der Waals surface area contributed by atoms with Crippen LogP contribution in [0.4, 0.5) is 5.69 Å². The number of rotatable bonds is 7. The van der Waals surface area contributed by atoms with Crippen LogP contribution in [0.2, 0.25) is 0 Å². The van der Waals surface area contributed by atoms with Crippen LogP contribution in [0.1, 0.15) is 24.3 Å². The summed E-state index contributed by atoms with van der Waals surface area (Å²) in [5.74, 6) is 0.259. The molecule has 1 aliphatic rings. The Labute approximate surface area is 220 Å². The number of fused-ring (bicyclic) bond motifs is 1. The molecule has 10 heteroatoms. The van der Waals surface area contributed by atoms with E-state index in [1.807, 2.05) is 30.3 Å². The monoisotopic (exact) mass is 527 g/mol. The minimum atomic E-state index is -0.719. The molecule has 0 saturated heterocycles. The highest BCUT2D eigenvalue weighted by atomic mass is 32.1. The number of nitrogens with zero attached hydrogens (tertiary/aromatic N) is 3. The van der Waals surface area contributed by atoms with Crippen molar-refractivity contribution in [3.05, 3.63) is 132 Å². The van der Waals surface area contributed by atoms with Gasteiger partial charge in [0.2, 0.25) is 0 Å². The zero-order valence-electron chi connectivity index (χ0n) is 20.2. The number of thiazole rings is 1. The van der Waals surface area contributed by atoms with Gasteiger partial charge in [0.25, 0.3) is 11.2 Å². The van der Waals surface area contributed by atoms with E-state index in [2.05, 4.69) is 11.6 Å². The number of carbonyl (C=O) groups is 1. The molecule has 5 rings (SSSR count). The molecule has 9 nitrogen and oxygen atoms in total. The molecule has 2 aromatic carbocycles. The quantitative estimate of drug-likeness (QED) is 0.154. The average Bonchev–Trinajstić information content (AvgIpc) is 3.51. The third-order valence-corrected chi connectivity index (χ3v) is 6.91. The molecule has 1 aliphatic heterocycles. The molecule has 2 aromatic heterocycles. The predicted octanol–water partition coefficient (Wildman–Crippen LogP) is 4.13. The summed E-state index contributed by atoms with van der Waals surface area (Å²) in [5.41, 5.74) is 1.65. The SMILES string of the molecule is C=CCOC(=O)C1=C(C)N=c2s/c(=C\c3ccc(-c4cccc([N+](=O)[O-])c4)o3)c(=O)n2C1c1ccccc1. The van der Waals surface area contributed by atoms with Gasteiger partial charge in [-0.25, -0.2) is 9.79 Å². The van der Waals surface area contributed by atoms with E-state index in [1.54, 1.807) is 37.3 Å². The second kappa shape index (κ2) is 10.3. The lowest BCUT2D eigenvalue weighted by atomic mass is 9.96. The fraction of sp³-hybridized carbons (Fsp3) is 0.107. The standard InChI is InChI=1S/C28H21N3O6S/c1-3-14-36-27(33)24-17(2)29-28-30(25(24)18-8-5-4-6-9-18)26(32)23(38-28)16-21-12-13-22(37-21)19-10-7-11-20(15-19)31(34)35/h3-13,15-16,25H,1,14H2,2H3/b23-16-. The molecule has 4 aromatic rings. The van der Waals surface area contributed by atoms with Crippen molar-refractivity contribution in [2.24, 2.45) is 4.99 Å². The third kappa shape index (κ3) is 4.64. The van der Waals surface area contributed by atoms with Crippen LogP contribution in [-0.4, -0.2) is 22.1 Å². The minimum absolute atomic E-state index is 0.0347. The maximum atomic E-state index is 13.7. The summed E-state index contributed by atoms with van der Waals surface area (Å²) in [5, 5.41) is 11.1. The second-order valence-corrected chi connectivity index (χ2v) is 9.40. The first-order chi connectivity index (χ1) is 18.4. The molecule has 0 saturated carbocycles. The molecular weight excluding hydrogens is 506 g/mol. The molecular formula is C28H21N3O6S. The van der Waals surface area contributed by atoms with Gasteiger partial charge in [-0.1, -0.05) is 66.5 Å². The highest BCUT2D eigenvalue weighted by molar-refractivity contribution is 7.07. The van der Waals surface area contributed by atoms with Crippen molar-refractivity contribution in [2.45, 2.75) is 13.0 Å². The highest BCUT2D eigenvalue weighted by Crippen LogP contribution is 2.30. The van der Waals surface area contributed by atoms with Crippen LogP contribution in [0, 0.1) is 10.1 Å². The lowest BCUT2D eigenvalue weighted by Crippen LogP contribution is -2.39. The number of aromatic nitrogens is 1. The van der Waals surface area contributed by atoms with E-state index in [1.165, 1.54) is 34.1 Å². The van der Waals surface area contributed by atoms with Crippen LogP contribution < -0.4 is 14.9 Å². The van der Waals surface area contributed by atoms with Crippen LogP contribution in [0.3, 0.4) is 0 Å². The Hall–Kier alpha value is -4.83. The topological polar surface area (TPSA) is 117 Å². The molecule has 0 radical (unpaired) electrons. The van der Waals surface area contributed by atoms with E-state index < -0.39 is 16.9 Å². The van der Waals surface area contributed by atoms with Crippen molar-refractivity contribution in [3.63, 3.8) is 0 Å². The van der Waals surface area contributed by atoms with Crippen molar-refractivity contribution in [1.29, 1.82) is 0 Å². The Kier molecular flexibility index (Phi) is 6.71. The molecule has 0 amide bonds. The molecule has 0 spiro atoms. The van der Waals surface area contributed by atoms with Gasteiger partial charge in [-0.3, -0.25) is 19.5 Å². The van der Waals surface area contributed by atoms with E-state index in [0.29, 0.717) is 32.1 Å². The molecule has 3 heterocycles. The Morgan fingerprint density at radius 2 is 2.00 bits per heavy atom. The number of furan rings is 1. The van der Waals surface area contributed by atoms with Crippen LogP contribution in [0.5, 0.6) is 0 Å². The number of nitro groups is 1. The Morgan fingerprint density at radius 3 is 2.74 bits per heavy atom. The van der Waals surface area contributed by atoms with Crippen LogP contribution in [0.25, 0.3) is 17.4 Å². The zero-order chi connectivity index (χ0) is 26.8. The fourth-order valence-electron chi connectivity index (χ4n) is 4.23. The summed E-state index contributed by atoms with van der Waals surface area (Å²) in [6.45, 7) is 5.34. The van der Waals surface area contributed by atoms with Gasteiger partial charge in [0.1, 0.15) is 18.1 Å². The van der Waals surface area contributed by atoms with E-state index >= 15 is 0 Å². The molecule has 38 heavy (non-hydrogen) atoms. The van der Waals surface area contributed by atoms with Gasteiger partial charge in [-0.15, -0.1) is 0 Å². The maximum Gasteiger partial charge on any atom is 0.338 e. The predicted molar refractivity (Wildman–Crippen MR) is 142 cm³/mol. The Bertz CT molecular complexity index is 1780. The van der Waals surface area contributed by atoms with Gasteiger partial charge >= 0.3 is 5.97 Å². The number of carbonyl (C=O) groups excluding carboxylic acids is 1. The summed E-state index contributed by atoms with van der Waals surface area (Å²) in [6, 6.07) is 18.0. The van der Waals surface area contributed by atoms with Crippen molar-refractivity contribution >= 4 is 29.1 Å². The third-order valence-electron chi connectivity index (χ3n) is 5.93. The Balaban J connectivity index is 1.60. The lowest BCUT2D eigenvalue weighted by Gasteiger charge is -2.24. The molecule has 0 aliphatic carbocycles. The number of ether oxygens (including phenoxy) is 1. The first-order valence-electron chi connectivity index (χ1n) is 11.6. The van der Waals surface area contributed by atoms with E-state index in [0.717, 1.165) is 5.56 Å². The van der Waals surface area contributed by atoms with Gasteiger partial charge in [-0.05, 0) is 24.6 Å².